The third-order valence-electron chi connectivity index (χ3n) is 3.89. The van der Waals surface area contributed by atoms with Gasteiger partial charge in [-0.05, 0) is 30.9 Å². The first-order valence-electron chi connectivity index (χ1n) is 7.43. The van der Waals surface area contributed by atoms with Gasteiger partial charge in [0.2, 0.25) is 0 Å². The van der Waals surface area contributed by atoms with E-state index in [1.165, 1.54) is 19.3 Å². The van der Waals surface area contributed by atoms with E-state index in [-0.39, 0.29) is 23.3 Å². The maximum absolute atomic E-state index is 11.3. The highest BCUT2D eigenvalue weighted by Crippen LogP contribution is 2.39. The molecule has 21 heavy (non-hydrogen) atoms. The van der Waals surface area contributed by atoms with E-state index in [0.29, 0.717) is 17.2 Å². The largest absolute Gasteiger partial charge is 0.396 e. The van der Waals surface area contributed by atoms with Crippen LogP contribution in [0.1, 0.15) is 50.1 Å². The molecule has 2 rings (SSSR count). The van der Waals surface area contributed by atoms with Crippen molar-refractivity contribution in [3.63, 3.8) is 0 Å². The van der Waals surface area contributed by atoms with Crippen LogP contribution in [0, 0.1) is 10.1 Å². The second kappa shape index (κ2) is 7.77. The Labute approximate surface area is 129 Å². The Morgan fingerprint density at radius 3 is 2.71 bits per heavy atom. The summed E-state index contributed by atoms with van der Waals surface area (Å²) in [5.74, 6) is 0. The molecule has 1 atom stereocenters. The molecule has 1 saturated carbocycles. The summed E-state index contributed by atoms with van der Waals surface area (Å²) in [7, 11) is 0. The number of rotatable bonds is 6. The highest BCUT2D eigenvalue weighted by molar-refractivity contribution is 8.00. The molecule has 0 bridgehead atoms. The fourth-order valence-corrected chi connectivity index (χ4v) is 4.00. The van der Waals surface area contributed by atoms with E-state index in [2.05, 4.69) is 0 Å². The van der Waals surface area contributed by atoms with Gasteiger partial charge in [0, 0.05) is 24.0 Å². The number of benzene rings is 1. The van der Waals surface area contributed by atoms with E-state index in [9.17, 15) is 10.1 Å². The molecule has 1 unspecified atom stereocenters. The zero-order valence-electron chi connectivity index (χ0n) is 12.0. The van der Waals surface area contributed by atoms with Gasteiger partial charge in [-0.25, -0.2) is 0 Å². The number of hydrogen-bond donors (Lipinski definition) is 2. The molecule has 3 N–H and O–H groups in total. The van der Waals surface area contributed by atoms with Gasteiger partial charge in [0.1, 0.15) is 0 Å². The number of hydrogen-bond acceptors (Lipinski definition) is 5. The fourth-order valence-electron chi connectivity index (χ4n) is 2.68. The summed E-state index contributed by atoms with van der Waals surface area (Å²) in [6, 6.07) is 4.86. The number of thioether (sulfide) groups is 1. The van der Waals surface area contributed by atoms with Crippen molar-refractivity contribution in [2.24, 2.45) is 5.73 Å². The van der Waals surface area contributed by atoms with Gasteiger partial charge in [-0.15, -0.1) is 11.8 Å². The molecule has 0 aliphatic heterocycles. The maximum atomic E-state index is 11.3. The Morgan fingerprint density at radius 2 is 2.10 bits per heavy atom. The lowest BCUT2D eigenvalue weighted by molar-refractivity contribution is -0.387. The first-order chi connectivity index (χ1) is 10.1. The molecule has 1 aliphatic rings. The summed E-state index contributed by atoms with van der Waals surface area (Å²) < 4.78 is 0. The molecular weight excluding hydrogens is 288 g/mol. The van der Waals surface area contributed by atoms with Gasteiger partial charge >= 0.3 is 0 Å². The van der Waals surface area contributed by atoms with Crippen molar-refractivity contribution in [2.75, 3.05) is 6.61 Å². The van der Waals surface area contributed by atoms with Crippen molar-refractivity contribution in [1.29, 1.82) is 0 Å². The second-order valence-electron chi connectivity index (χ2n) is 5.48. The van der Waals surface area contributed by atoms with Crippen molar-refractivity contribution in [3.05, 3.63) is 33.9 Å². The third-order valence-corrected chi connectivity index (χ3v) is 5.30. The number of nitrogens with zero attached hydrogens (tertiary/aromatic N) is 1. The van der Waals surface area contributed by atoms with Crippen molar-refractivity contribution in [1.82, 2.24) is 0 Å². The molecule has 116 valence electrons. The number of nitro benzene ring substituents is 1. The van der Waals surface area contributed by atoms with E-state index in [1.807, 2.05) is 12.1 Å². The Morgan fingerprint density at radius 1 is 1.38 bits per heavy atom. The molecule has 6 heteroatoms. The lowest BCUT2D eigenvalue weighted by Crippen LogP contribution is -2.12. The van der Waals surface area contributed by atoms with Crippen LogP contribution in [0.15, 0.2) is 23.1 Å². The molecule has 0 spiro atoms. The molecular formula is C15H22N2O3S. The summed E-state index contributed by atoms with van der Waals surface area (Å²) in [4.78, 5) is 11.7. The lowest BCUT2D eigenvalue weighted by atomic mass is 10.0. The molecule has 0 radical (unpaired) electrons. The van der Waals surface area contributed by atoms with Crippen LogP contribution in [0.2, 0.25) is 0 Å². The minimum atomic E-state index is -0.359. The normalized spacial score (nSPS) is 17.6. The zero-order chi connectivity index (χ0) is 15.2. The topological polar surface area (TPSA) is 89.4 Å². The molecule has 0 saturated heterocycles. The minimum Gasteiger partial charge on any atom is -0.396 e. The fraction of sp³-hybridized carbons (Fsp3) is 0.600. The van der Waals surface area contributed by atoms with E-state index >= 15 is 0 Å². The Balaban J connectivity index is 2.18. The predicted octanol–water partition coefficient (Wildman–Crippen LogP) is 3.40. The first-order valence-corrected chi connectivity index (χ1v) is 8.31. The first kappa shape index (κ1) is 16.3. The smallest absolute Gasteiger partial charge is 0.283 e. The third kappa shape index (κ3) is 4.43. The molecule has 1 aliphatic carbocycles. The SMILES string of the molecule is NC(CCO)c1ccc(SC2CCCCC2)c([N+](=O)[O-])c1. The quantitative estimate of drug-likeness (QED) is 0.621. The number of nitrogens with two attached hydrogens (primary N) is 1. The molecule has 1 aromatic rings. The molecule has 1 aromatic carbocycles. The van der Waals surface area contributed by atoms with Gasteiger partial charge in [0.05, 0.1) is 9.82 Å². The Kier molecular flexibility index (Phi) is 6.02. The average Bonchev–Trinajstić information content (AvgIpc) is 2.48. The van der Waals surface area contributed by atoms with Crippen LogP contribution in [0.3, 0.4) is 0 Å². The van der Waals surface area contributed by atoms with Gasteiger partial charge < -0.3 is 10.8 Å². The van der Waals surface area contributed by atoms with Gasteiger partial charge in [-0.1, -0.05) is 25.3 Å². The Hall–Kier alpha value is -1.11. The van der Waals surface area contributed by atoms with Gasteiger partial charge in [0.15, 0.2) is 0 Å². The van der Waals surface area contributed by atoms with E-state index in [4.69, 9.17) is 10.8 Å². The second-order valence-corrected chi connectivity index (χ2v) is 6.82. The van der Waals surface area contributed by atoms with Gasteiger partial charge in [-0.3, -0.25) is 10.1 Å². The standard InChI is InChI=1S/C15H22N2O3S/c16-13(8-9-18)11-6-7-15(14(10-11)17(19)20)21-12-4-2-1-3-5-12/h6-7,10,12-13,18H,1-5,8-9,16H2. The summed E-state index contributed by atoms with van der Waals surface area (Å²) in [6.07, 6.45) is 6.37. The van der Waals surface area contributed by atoms with Crippen LogP contribution in [-0.4, -0.2) is 21.9 Å². The van der Waals surface area contributed by atoms with Gasteiger partial charge in [0.25, 0.3) is 5.69 Å². The molecule has 5 nitrogen and oxygen atoms in total. The summed E-state index contributed by atoms with van der Waals surface area (Å²) in [6.45, 7) is -0.0203. The predicted molar refractivity (Wildman–Crippen MR) is 84.5 cm³/mol. The van der Waals surface area contributed by atoms with Crippen molar-refractivity contribution < 1.29 is 10.0 Å². The number of aliphatic hydroxyl groups excluding tert-OH is 1. The van der Waals surface area contributed by atoms with Crippen LogP contribution in [0.25, 0.3) is 0 Å². The van der Waals surface area contributed by atoms with Crippen LogP contribution in [-0.2, 0) is 0 Å². The minimum absolute atomic E-state index is 0.0203. The van der Waals surface area contributed by atoms with Crippen LogP contribution < -0.4 is 5.73 Å². The van der Waals surface area contributed by atoms with Crippen LogP contribution >= 0.6 is 11.8 Å². The molecule has 0 aromatic heterocycles. The van der Waals surface area contributed by atoms with E-state index in [0.717, 1.165) is 17.7 Å². The van der Waals surface area contributed by atoms with E-state index < -0.39 is 0 Å². The number of aliphatic hydroxyl groups is 1. The zero-order valence-corrected chi connectivity index (χ0v) is 12.8. The summed E-state index contributed by atoms with van der Waals surface area (Å²) in [5.41, 5.74) is 6.77. The Bertz CT molecular complexity index is 490. The molecule has 0 heterocycles. The summed E-state index contributed by atoms with van der Waals surface area (Å²) >= 11 is 1.62. The van der Waals surface area contributed by atoms with Crippen LogP contribution in [0.5, 0.6) is 0 Å². The lowest BCUT2D eigenvalue weighted by Gasteiger charge is -2.21. The van der Waals surface area contributed by atoms with Gasteiger partial charge in [-0.2, -0.15) is 0 Å². The summed E-state index contributed by atoms with van der Waals surface area (Å²) in [5, 5.41) is 20.7. The van der Waals surface area contributed by atoms with Crippen molar-refractivity contribution in [2.45, 2.75) is 54.7 Å². The highest BCUT2D eigenvalue weighted by atomic mass is 32.2. The van der Waals surface area contributed by atoms with Crippen molar-refractivity contribution in [3.8, 4) is 0 Å². The average molecular weight is 310 g/mol. The molecule has 0 amide bonds. The maximum Gasteiger partial charge on any atom is 0.283 e. The van der Waals surface area contributed by atoms with Crippen molar-refractivity contribution >= 4 is 17.4 Å². The van der Waals surface area contributed by atoms with Crippen LogP contribution in [0.4, 0.5) is 5.69 Å². The number of nitro groups is 1. The molecule has 1 fully saturated rings. The highest BCUT2D eigenvalue weighted by Gasteiger charge is 2.22. The van der Waals surface area contributed by atoms with E-state index in [1.54, 1.807) is 17.8 Å². The monoisotopic (exact) mass is 310 g/mol.